The number of likely N-dealkylation sites (tertiary alicyclic amines) is 1. The molecule has 1 N–H and O–H groups in total. The molecule has 2 saturated heterocycles. The van der Waals surface area contributed by atoms with Crippen LogP contribution in [0.2, 0.25) is 5.02 Å². The summed E-state index contributed by atoms with van der Waals surface area (Å²) in [6.07, 6.45) is 0. The zero-order valence-corrected chi connectivity index (χ0v) is 11.3. The summed E-state index contributed by atoms with van der Waals surface area (Å²) in [5, 5.41) is 3.04. The molecule has 2 aliphatic heterocycles. The smallest absolute Gasteiger partial charge is 0.324 e. The lowest BCUT2D eigenvalue weighted by atomic mass is 10.1. The highest BCUT2D eigenvalue weighted by molar-refractivity contribution is 6.30. The van der Waals surface area contributed by atoms with Crippen LogP contribution in [0, 0.1) is 0 Å². The van der Waals surface area contributed by atoms with Crippen LogP contribution in [-0.4, -0.2) is 53.3 Å². The molecule has 104 valence electrons. The van der Waals surface area contributed by atoms with Crippen molar-refractivity contribution in [3.05, 3.63) is 34.9 Å². The van der Waals surface area contributed by atoms with Gasteiger partial charge in [-0.1, -0.05) is 11.6 Å². The van der Waals surface area contributed by atoms with E-state index in [0.717, 1.165) is 0 Å². The van der Waals surface area contributed by atoms with Gasteiger partial charge in [0.15, 0.2) is 0 Å². The van der Waals surface area contributed by atoms with Gasteiger partial charge in [0.25, 0.3) is 5.91 Å². The number of hydrogen-bond acceptors (Lipinski definition) is 3. The van der Waals surface area contributed by atoms with E-state index in [0.29, 0.717) is 23.7 Å². The number of urea groups is 1. The lowest BCUT2D eigenvalue weighted by Gasteiger charge is -2.42. The molecule has 0 saturated carbocycles. The Morgan fingerprint density at radius 2 is 1.85 bits per heavy atom. The van der Waals surface area contributed by atoms with Crippen LogP contribution < -0.4 is 5.32 Å². The summed E-state index contributed by atoms with van der Waals surface area (Å²) >= 11 is 5.77. The number of hydrogen-bond donors (Lipinski definition) is 1. The zero-order chi connectivity index (χ0) is 14.3. The van der Waals surface area contributed by atoms with Crippen LogP contribution >= 0.6 is 11.6 Å². The molecular weight excluding hydrogens is 282 g/mol. The van der Waals surface area contributed by atoms with Crippen molar-refractivity contribution in [2.75, 3.05) is 19.6 Å². The van der Waals surface area contributed by atoms with Crippen molar-refractivity contribution in [3.8, 4) is 0 Å². The number of carbonyl (C=O) groups is 3. The van der Waals surface area contributed by atoms with Crippen molar-refractivity contribution in [1.82, 2.24) is 15.1 Å². The Morgan fingerprint density at radius 3 is 2.40 bits per heavy atom. The minimum absolute atomic E-state index is 0.0421. The van der Waals surface area contributed by atoms with Gasteiger partial charge in [-0.05, 0) is 24.3 Å². The van der Waals surface area contributed by atoms with Gasteiger partial charge < -0.3 is 10.2 Å². The van der Waals surface area contributed by atoms with Crippen LogP contribution in [0.15, 0.2) is 24.3 Å². The standard InChI is InChI=1S/C13H12ClN3O3/c14-9-3-1-8(2-4-9)12(19)16-6-10(7-16)17-11(18)5-15-13(17)20/h1-4,10H,5-7H2,(H,15,20). The van der Waals surface area contributed by atoms with Gasteiger partial charge in [0, 0.05) is 23.7 Å². The number of rotatable bonds is 2. The molecule has 2 aliphatic rings. The average Bonchev–Trinajstić information content (AvgIpc) is 2.70. The maximum absolute atomic E-state index is 12.1. The molecule has 7 heteroatoms. The minimum Gasteiger partial charge on any atom is -0.334 e. The Bertz CT molecular complexity index is 565. The summed E-state index contributed by atoms with van der Waals surface area (Å²) < 4.78 is 0. The molecule has 6 nitrogen and oxygen atoms in total. The summed E-state index contributed by atoms with van der Waals surface area (Å²) in [4.78, 5) is 38.0. The molecule has 0 bridgehead atoms. The summed E-state index contributed by atoms with van der Waals surface area (Å²) in [7, 11) is 0. The van der Waals surface area contributed by atoms with Crippen molar-refractivity contribution >= 4 is 29.4 Å². The zero-order valence-electron chi connectivity index (χ0n) is 10.5. The predicted molar refractivity (Wildman–Crippen MR) is 71.4 cm³/mol. The van der Waals surface area contributed by atoms with Gasteiger partial charge in [-0.15, -0.1) is 0 Å². The van der Waals surface area contributed by atoms with E-state index in [4.69, 9.17) is 11.6 Å². The number of imide groups is 1. The Balaban J connectivity index is 1.63. The normalized spacial score (nSPS) is 19.1. The SMILES string of the molecule is O=C(c1ccc(Cl)cc1)N1CC(N2C(=O)CNC2=O)C1. The quantitative estimate of drug-likeness (QED) is 0.817. The first-order valence-electron chi connectivity index (χ1n) is 6.21. The average molecular weight is 294 g/mol. The molecule has 3 rings (SSSR count). The summed E-state index contributed by atoms with van der Waals surface area (Å²) in [6, 6.07) is 6.03. The molecule has 2 heterocycles. The summed E-state index contributed by atoms with van der Waals surface area (Å²) in [6.45, 7) is 0.793. The van der Waals surface area contributed by atoms with Crippen LogP contribution in [0.1, 0.15) is 10.4 Å². The largest absolute Gasteiger partial charge is 0.334 e. The Hall–Kier alpha value is -2.08. The number of amides is 4. The molecule has 0 unspecified atom stereocenters. The molecular formula is C13H12ClN3O3. The van der Waals surface area contributed by atoms with Crippen molar-refractivity contribution < 1.29 is 14.4 Å². The van der Waals surface area contributed by atoms with E-state index < -0.39 is 0 Å². The molecule has 0 spiro atoms. The molecule has 4 amide bonds. The number of benzene rings is 1. The van der Waals surface area contributed by atoms with Gasteiger partial charge in [0.1, 0.15) is 0 Å². The topological polar surface area (TPSA) is 69.7 Å². The fourth-order valence-electron chi connectivity index (χ4n) is 2.36. The second-order valence-electron chi connectivity index (χ2n) is 4.79. The first kappa shape index (κ1) is 12.9. The number of carbonyl (C=O) groups excluding carboxylic acids is 3. The summed E-state index contributed by atoms with van der Waals surface area (Å²) in [5.41, 5.74) is 0.546. The van der Waals surface area contributed by atoms with Gasteiger partial charge in [-0.3, -0.25) is 14.5 Å². The summed E-state index contributed by atoms with van der Waals surface area (Å²) in [5.74, 6) is -0.358. The van der Waals surface area contributed by atoms with E-state index in [1.807, 2.05) is 0 Å². The number of nitrogens with zero attached hydrogens (tertiary/aromatic N) is 2. The Kier molecular flexibility index (Phi) is 3.10. The highest BCUT2D eigenvalue weighted by Crippen LogP contribution is 2.20. The van der Waals surface area contributed by atoms with Crippen molar-refractivity contribution in [1.29, 1.82) is 0 Å². The predicted octanol–water partition coefficient (Wildman–Crippen LogP) is 0.716. The van der Waals surface area contributed by atoms with Gasteiger partial charge in [-0.2, -0.15) is 0 Å². The van der Waals surface area contributed by atoms with Crippen molar-refractivity contribution in [2.24, 2.45) is 0 Å². The van der Waals surface area contributed by atoms with E-state index >= 15 is 0 Å². The molecule has 0 aromatic heterocycles. The Labute approximate surface area is 120 Å². The highest BCUT2D eigenvalue weighted by atomic mass is 35.5. The number of nitrogens with one attached hydrogen (secondary N) is 1. The molecule has 0 atom stereocenters. The fraction of sp³-hybridized carbons (Fsp3) is 0.308. The van der Waals surface area contributed by atoms with Crippen LogP contribution in [0.4, 0.5) is 4.79 Å². The molecule has 1 aromatic carbocycles. The minimum atomic E-state index is -0.376. The van der Waals surface area contributed by atoms with Crippen molar-refractivity contribution in [2.45, 2.75) is 6.04 Å². The van der Waals surface area contributed by atoms with Crippen LogP contribution in [0.3, 0.4) is 0 Å². The number of halogens is 1. The lowest BCUT2D eigenvalue weighted by Crippen LogP contribution is -2.62. The lowest BCUT2D eigenvalue weighted by molar-refractivity contribution is -0.128. The van der Waals surface area contributed by atoms with Gasteiger partial charge >= 0.3 is 6.03 Å². The van der Waals surface area contributed by atoms with Crippen LogP contribution in [0.25, 0.3) is 0 Å². The first-order valence-corrected chi connectivity index (χ1v) is 6.59. The molecule has 1 aromatic rings. The molecule has 0 radical (unpaired) electrons. The Morgan fingerprint density at radius 1 is 1.20 bits per heavy atom. The molecule has 2 fully saturated rings. The van der Waals surface area contributed by atoms with Gasteiger partial charge in [-0.25, -0.2) is 4.79 Å². The third kappa shape index (κ3) is 2.12. The van der Waals surface area contributed by atoms with Gasteiger partial charge in [0.2, 0.25) is 5.91 Å². The second kappa shape index (κ2) is 4.79. The van der Waals surface area contributed by atoms with Crippen molar-refractivity contribution in [3.63, 3.8) is 0 Å². The van der Waals surface area contributed by atoms with Crippen LogP contribution in [-0.2, 0) is 4.79 Å². The maximum Gasteiger partial charge on any atom is 0.324 e. The first-order chi connectivity index (χ1) is 9.56. The second-order valence-corrected chi connectivity index (χ2v) is 5.23. The third-order valence-electron chi connectivity index (χ3n) is 3.48. The monoisotopic (exact) mass is 293 g/mol. The molecule has 0 aliphatic carbocycles. The third-order valence-corrected chi connectivity index (χ3v) is 3.74. The van der Waals surface area contributed by atoms with E-state index in [1.54, 1.807) is 29.2 Å². The van der Waals surface area contributed by atoms with E-state index in [9.17, 15) is 14.4 Å². The van der Waals surface area contributed by atoms with E-state index in [2.05, 4.69) is 5.32 Å². The fourth-order valence-corrected chi connectivity index (χ4v) is 2.49. The van der Waals surface area contributed by atoms with E-state index in [-0.39, 0.29) is 30.4 Å². The molecule has 20 heavy (non-hydrogen) atoms. The maximum atomic E-state index is 12.1. The van der Waals surface area contributed by atoms with Crippen LogP contribution in [0.5, 0.6) is 0 Å². The highest BCUT2D eigenvalue weighted by Gasteiger charge is 2.42. The van der Waals surface area contributed by atoms with Gasteiger partial charge in [0.05, 0.1) is 12.6 Å². The van der Waals surface area contributed by atoms with E-state index in [1.165, 1.54) is 4.90 Å².